The van der Waals surface area contributed by atoms with Crippen molar-refractivity contribution in [2.24, 2.45) is 0 Å². The van der Waals surface area contributed by atoms with E-state index in [1.807, 2.05) is 31.3 Å². The van der Waals surface area contributed by atoms with E-state index >= 15 is 0 Å². The van der Waals surface area contributed by atoms with E-state index in [2.05, 4.69) is 13.0 Å². The molecule has 5 heteroatoms. The number of hydrogen-bond acceptors (Lipinski definition) is 3. The van der Waals surface area contributed by atoms with Crippen molar-refractivity contribution in [3.63, 3.8) is 0 Å². The number of fused-ring (bicyclic) bond motifs is 1. The van der Waals surface area contributed by atoms with Gasteiger partial charge in [0.1, 0.15) is 5.58 Å². The fourth-order valence-electron chi connectivity index (χ4n) is 2.54. The molecule has 3 nitrogen and oxygen atoms in total. The van der Waals surface area contributed by atoms with E-state index in [1.165, 1.54) is 16.9 Å². The Labute approximate surface area is 144 Å². The van der Waals surface area contributed by atoms with Crippen LogP contribution in [0.2, 0.25) is 4.34 Å². The normalized spacial score (nSPS) is 11.1. The molecular weight excluding hydrogens is 330 g/mol. The summed E-state index contributed by atoms with van der Waals surface area (Å²) in [6, 6.07) is 9.98. The van der Waals surface area contributed by atoms with E-state index < -0.39 is 0 Å². The van der Waals surface area contributed by atoms with Crippen molar-refractivity contribution in [2.45, 2.75) is 26.3 Å². The van der Waals surface area contributed by atoms with Gasteiger partial charge in [0, 0.05) is 22.9 Å². The predicted molar refractivity (Wildman–Crippen MR) is 95.1 cm³/mol. The molecule has 0 N–H and O–H groups in total. The molecule has 3 aromatic rings. The van der Waals surface area contributed by atoms with Gasteiger partial charge in [-0.25, -0.2) is 0 Å². The highest BCUT2D eigenvalue weighted by atomic mass is 35.5. The van der Waals surface area contributed by atoms with Crippen LogP contribution in [0.15, 0.2) is 41.0 Å². The zero-order valence-corrected chi connectivity index (χ0v) is 14.7. The van der Waals surface area contributed by atoms with Crippen LogP contribution in [0.25, 0.3) is 11.0 Å². The second-order valence-electron chi connectivity index (χ2n) is 5.58. The first kappa shape index (κ1) is 16.1. The Balaban J connectivity index is 1.72. The fourth-order valence-corrected chi connectivity index (χ4v) is 3.68. The Morgan fingerprint density at radius 2 is 2.13 bits per heavy atom. The van der Waals surface area contributed by atoms with Gasteiger partial charge in [-0.15, -0.1) is 11.3 Å². The van der Waals surface area contributed by atoms with E-state index in [9.17, 15) is 4.79 Å². The van der Waals surface area contributed by atoms with Crippen molar-refractivity contribution in [1.29, 1.82) is 0 Å². The van der Waals surface area contributed by atoms with E-state index in [-0.39, 0.29) is 5.91 Å². The predicted octanol–water partition coefficient (Wildman–Crippen LogP) is 4.91. The number of carbonyl (C=O) groups excluding carboxylic acids is 1. The Morgan fingerprint density at radius 1 is 1.30 bits per heavy atom. The van der Waals surface area contributed by atoms with Gasteiger partial charge in [0.05, 0.1) is 23.6 Å². The molecular formula is C18H18ClNO2S. The van der Waals surface area contributed by atoms with Crippen molar-refractivity contribution in [2.75, 3.05) is 7.05 Å². The van der Waals surface area contributed by atoms with Gasteiger partial charge in [0.2, 0.25) is 5.91 Å². The monoisotopic (exact) mass is 347 g/mol. The second kappa shape index (κ2) is 6.77. The third-order valence-electron chi connectivity index (χ3n) is 3.92. The standard InChI is InChI=1S/C18H18ClNO2S/c1-3-12-4-6-15-13(11-22-16(15)8-12)9-18(21)20(2)10-14-5-7-17(19)23-14/h4-8,11H,3,9-10H2,1-2H3. The molecule has 0 radical (unpaired) electrons. The summed E-state index contributed by atoms with van der Waals surface area (Å²) in [6.45, 7) is 2.69. The molecule has 1 aromatic carbocycles. The molecule has 120 valence electrons. The van der Waals surface area contributed by atoms with Crippen LogP contribution < -0.4 is 0 Å². The minimum absolute atomic E-state index is 0.0665. The van der Waals surface area contributed by atoms with Crippen molar-refractivity contribution < 1.29 is 9.21 Å². The largest absolute Gasteiger partial charge is 0.464 e. The number of thiophene rings is 1. The number of furan rings is 1. The molecule has 3 rings (SSSR count). The number of nitrogens with zero attached hydrogens (tertiary/aromatic N) is 1. The molecule has 1 amide bonds. The third kappa shape index (κ3) is 3.59. The Bertz CT molecular complexity index is 837. The molecule has 0 saturated carbocycles. The summed E-state index contributed by atoms with van der Waals surface area (Å²) in [6.07, 6.45) is 3.00. The van der Waals surface area contributed by atoms with Crippen molar-refractivity contribution >= 4 is 39.8 Å². The molecule has 23 heavy (non-hydrogen) atoms. The van der Waals surface area contributed by atoms with Crippen LogP contribution in [0.5, 0.6) is 0 Å². The molecule has 0 unspecified atom stereocenters. The first-order valence-corrected chi connectivity index (χ1v) is 8.73. The van der Waals surface area contributed by atoms with Crippen molar-refractivity contribution in [1.82, 2.24) is 4.90 Å². The maximum atomic E-state index is 12.4. The van der Waals surface area contributed by atoms with Gasteiger partial charge in [0.25, 0.3) is 0 Å². The molecule has 0 spiro atoms. The highest BCUT2D eigenvalue weighted by Gasteiger charge is 2.15. The van der Waals surface area contributed by atoms with Gasteiger partial charge in [-0.2, -0.15) is 0 Å². The molecule has 0 aliphatic heterocycles. The van der Waals surface area contributed by atoms with E-state index in [0.29, 0.717) is 13.0 Å². The lowest BCUT2D eigenvalue weighted by Gasteiger charge is -2.15. The number of carbonyl (C=O) groups is 1. The molecule has 0 fully saturated rings. The Kier molecular flexibility index (Phi) is 4.74. The van der Waals surface area contributed by atoms with Crippen LogP contribution in [-0.4, -0.2) is 17.9 Å². The topological polar surface area (TPSA) is 33.5 Å². The summed E-state index contributed by atoms with van der Waals surface area (Å²) in [7, 11) is 1.81. The van der Waals surface area contributed by atoms with Crippen LogP contribution in [0.4, 0.5) is 0 Å². The number of hydrogen-bond donors (Lipinski definition) is 0. The van der Waals surface area contributed by atoms with E-state index in [0.717, 1.165) is 32.2 Å². The van der Waals surface area contributed by atoms with Crippen LogP contribution >= 0.6 is 22.9 Å². The van der Waals surface area contributed by atoms with Gasteiger partial charge >= 0.3 is 0 Å². The van der Waals surface area contributed by atoms with E-state index in [1.54, 1.807) is 11.2 Å². The lowest BCUT2D eigenvalue weighted by atomic mass is 10.1. The first-order chi connectivity index (χ1) is 11.1. The zero-order chi connectivity index (χ0) is 16.4. The number of benzene rings is 1. The average molecular weight is 348 g/mol. The second-order valence-corrected chi connectivity index (χ2v) is 7.38. The van der Waals surface area contributed by atoms with Gasteiger partial charge < -0.3 is 9.32 Å². The SMILES string of the molecule is CCc1ccc2c(CC(=O)N(C)Cc3ccc(Cl)s3)coc2c1. The maximum Gasteiger partial charge on any atom is 0.227 e. The average Bonchev–Trinajstić information content (AvgIpc) is 3.13. The summed E-state index contributed by atoms with van der Waals surface area (Å²) >= 11 is 7.43. The summed E-state index contributed by atoms with van der Waals surface area (Å²) in [4.78, 5) is 15.2. The van der Waals surface area contributed by atoms with Crippen molar-refractivity contribution in [3.05, 3.63) is 56.9 Å². The summed E-state index contributed by atoms with van der Waals surface area (Å²) in [5, 5.41) is 1.02. The molecule has 0 aliphatic rings. The van der Waals surface area contributed by atoms with Crippen LogP contribution in [-0.2, 0) is 24.2 Å². The summed E-state index contributed by atoms with van der Waals surface area (Å²) in [5.74, 6) is 0.0665. The quantitative estimate of drug-likeness (QED) is 0.657. The van der Waals surface area contributed by atoms with E-state index in [4.69, 9.17) is 16.0 Å². The number of rotatable bonds is 5. The molecule has 0 bridgehead atoms. The lowest BCUT2D eigenvalue weighted by Crippen LogP contribution is -2.27. The van der Waals surface area contributed by atoms with Gasteiger partial charge in [-0.05, 0) is 30.2 Å². The minimum atomic E-state index is 0.0665. The highest BCUT2D eigenvalue weighted by Crippen LogP contribution is 2.25. The molecule has 2 heterocycles. The smallest absolute Gasteiger partial charge is 0.227 e. The number of amides is 1. The Morgan fingerprint density at radius 3 is 2.83 bits per heavy atom. The minimum Gasteiger partial charge on any atom is -0.464 e. The summed E-state index contributed by atoms with van der Waals surface area (Å²) in [5.41, 5.74) is 3.01. The number of halogens is 1. The highest BCUT2D eigenvalue weighted by molar-refractivity contribution is 7.16. The number of likely N-dealkylation sites (N-methyl/N-ethyl adjacent to an activating group) is 1. The zero-order valence-electron chi connectivity index (χ0n) is 13.1. The molecule has 0 saturated heterocycles. The van der Waals surface area contributed by atoms with Crippen LogP contribution in [0.1, 0.15) is 22.9 Å². The Hall–Kier alpha value is -1.78. The number of aryl methyl sites for hydroxylation is 1. The third-order valence-corrected chi connectivity index (χ3v) is 5.13. The summed E-state index contributed by atoms with van der Waals surface area (Å²) < 4.78 is 6.35. The van der Waals surface area contributed by atoms with Crippen LogP contribution in [0, 0.1) is 0 Å². The lowest BCUT2D eigenvalue weighted by molar-refractivity contribution is -0.129. The van der Waals surface area contributed by atoms with Gasteiger partial charge in [-0.1, -0.05) is 30.7 Å². The van der Waals surface area contributed by atoms with Gasteiger partial charge in [0.15, 0.2) is 0 Å². The molecule has 0 atom stereocenters. The molecule has 2 aromatic heterocycles. The first-order valence-electron chi connectivity index (χ1n) is 7.54. The fraction of sp³-hybridized carbons (Fsp3) is 0.278. The molecule has 0 aliphatic carbocycles. The van der Waals surface area contributed by atoms with Crippen molar-refractivity contribution in [3.8, 4) is 0 Å². The van der Waals surface area contributed by atoms with Gasteiger partial charge in [-0.3, -0.25) is 4.79 Å². The maximum absolute atomic E-state index is 12.4. The van der Waals surface area contributed by atoms with Crippen LogP contribution in [0.3, 0.4) is 0 Å².